The number of benzene rings is 1. The number of aromatic amines is 1. The van der Waals surface area contributed by atoms with Crippen molar-refractivity contribution in [3.8, 4) is 0 Å². The molecule has 3 rings (SSSR count). The summed E-state index contributed by atoms with van der Waals surface area (Å²) in [5.74, 6) is -0.317. The van der Waals surface area contributed by atoms with Gasteiger partial charge < -0.3 is 4.98 Å². The predicted octanol–water partition coefficient (Wildman–Crippen LogP) is 2.84. The SMILES string of the molecule is CSc1nc2c(c(=O)[nH]1)CN(Cc1c(F)cccc1Cl)CC2. The van der Waals surface area contributed by atoms with Crippen LogP contribution in [0.4, 0.5) is 4.39 Å². The van der Waals surface area contributed by atoms with Crippen molar-refractivity contribution in [1.82, 2.24) is 14.9 Å². The Labute approximate surface area is 136 Å². The Morgan fingerprint density at radius 3 is 3.05 bits per heavy atom. The summed E-state index contributed by atoms with van der Waals surface area (Å²) in [5.41, 5.74) is 1.86. The van der Waals surface area contributed by atoms with Gasteiger partial charge in [-0.2, -0.15) is 0 Å². The lowest BCUT2D eigenvalue weighted by atomic mass is 10.1. The quantitative estimate of drug-likeness (QED) is 0.690. The molecule has 0 aliphatic carbocycles. The van der Waals surface area contributed by atoms with E-state index in [1.54, 1.807) is 12.1 Å². The topological polar surface area (TPSA) is 49.0 Å². The monoisotopic (exact) mass is 339 g/mol. The summed E-state index contributed by atoms with van der Waals surface area (Å²) in [5, 5.41) is 1.05. The molecule has 0 bridgehead atoms. The second kappa shape index (κ2) is 6.40. The summed E-state index contributed by atoms with van der Waals surface area (Å²) >= 11 is 7.49. The van der Waals surface area contributed by atoms with Crippen molar-refractivity contribution in [3.63, 3.8) is 0 Å². The van der Waals surface area contributed by atoms with E-state index in [-0.39, 0.29) is 11.4 Å². The Morgan fingerprint density at radius 2 is 2.32 bits per heavy atom. The van der Waals surface area contributed by atoms with Crippen LogP contribution in [-0.2, 0) is 19.5 Å². The van der Waals surface area contributed by atoms with E-state index in [0.29, 0.717) is 40.8 Å². The Hall–Kier alpha value is -1.37. The van der Waals surface area contributed by atoms with Crippen molar-refractivity contribution in [2.45, 2.75) is 24.7 Å². The van der Waals surface area contributed by atoms with Crippen molar-refractivity contribution < 1.29 is 4.39 Å². The molecule has 0 atom stereocenters. The van der Waals surface area contributed by atoms with Gasteiger partial charge in [-0.25, -0.2) is 9.37 Å². The number of hydrogen-bond acceptors (Lipinski definition) is 4. The second-order valence-corrected chi connectivity index (χ2v) is 6.36. The van der Waals surface area contributed by atoms with Crippen LogP contribution in [0, 0.1) is 5.82 Å². The van der Waals surface area contributed by atoms with Crippen LogP contribution in [0.2, 0.25) is 5.02 Å². The first kappa shape index (κ1) is 15.5. The van der Waals surface area contributed by atoms with Crippen LogP contribution in [0.1, 0.15) is 16.8 Å². The number of H-pyrrole nitrogens is 1. The minimum atomic E-state index is -0.317. The largest absolute Gasteiger partial charge is 0.301 e. The zero-order valence-electron chi connectivity index (χ0n) is 12.0. The van der Waals surface area contributed by atoms with Gasteiger partial charge in [0.25, 0.3) is 5.56 Å². The van der Waals surface area contributed by atoms with Gasteiger partial charge in [0.15, 0.2) is 5.16 Å². The first-order chi connectivity index (χ1) is 10.6. The van der Waals surface area contributed by atoms with E-state index in [0.717, 1.165) is 12.2 Å². The lowest BCUT2D eigenvalue weighted by molar-refractivity contribution is 0.238. The zero-order chi connectivity index (χ0) is 15.7. The molecule has 1 N–H and O–H groups in total. The maximum atomic E-state index is 13.9. The summed E-state index contributed by atoms with van der Waals surface area (Å²) in [6.45, 7) is 1.56. The normalized spacial score (nSPS) is 14.9. The summed E-state index contributed by atoms with van der Waals surface area (Å²) in [7, 11) is 0. The number of hydrogen-bond donors (Lipinski definition) is 1. The van der Waals surface area contributed by atoms with Crippen molar-refractivity contribution in [1.29, 1.82) is 0 Å². The van der Waals surface area contributed by atoms with Gasteiger partial charge in [0, 0.05) is 36.6 Å². The number of rotatable bonds is 3. The molecular weight excluding hydrogens is 325 g/mol. The molecule has 0 fully saturated rings. The number of thioether (sulfide) groups is 1. The van der Waals surface area contributed by atoms with E-state index < -0.39 is 0 Å². The molecule has 22 heavy (non-hydrogen) atoms. The van der Waals surface area contributed by atoms with Crippen LogP contribution in [0.3, 0.4) is 0 Å². The molecular formula is C15H15ClFN3OS. The molecule has 116 valence electrons. The number of nitrogens with one attached hydrogen (secondary N) is 1. The molecule has 2 heterocycles. The molecule has 0 unspecified atom stereocenters. The molecule has 0 spiro atoms. The fourth-order valence-corrected chi connectivity index (χ4v) is 3.22. The molecule has 1 aliphatic rings. The highest BCUT2D eigenvalue weighted by atomic mass is 35.5. The number of nitrogens with zero attached hydrogens (tertiary/aromatic N) is 2. The number of halogens is 2. The van der Waals surface area contributed by atoms with E-state index in [1.165, 1.54) is 17.8 Å². The lowest BCUT2D eigenvalue weighted by Gasteiger charge is -2.28. The Kier molecular flexibility index (Phi) is 4.52. The third-order valence-corrected chi connectivity index (χ3v) is 4.70. The van der Waals surface area contributed by atoms with Crippen LogP contribution < -0.4 is 5.56 Å². The van der Waals surface area contributed by atoms with Gasteiger partial charge in [0.2, 0.25) is 0 Å². The highest BCUT2D eigenvalue weighted by molar-refractivity contribution is 7.98. The Morgan fingerprint density at radius 1 is 1.50 bits per heavy atom. The molecule has 1 aromatic heterocycles. The van der Waals surface area contributed by atoms with Crippen molar-refractivity contribution in [2.24, 2.45) is 0 Å². The average molecular weight is 340 g/mol. The van der Waals surface area contributed by atoms with Crippen molar-refractivity contribution in [2.75, 3.05) is 12.8 Å². The Bertz CT molecular complexity index is 745. The van der Waals surface area contributed by atoms with Gasteiger partial charge >= 0.3 is 0 Å². The molecule has 1 aliphatic heterocycles. The predicted molar refractivity (Wildman–Crippen MR) is 85.9 cm³/mol. The van der Waals surface area contributed by atoms with Crippen molar-refractivity contribution >= 4 is 23.4 Å². The highest BCUT2D eigenvalue weighted by Gasteiger charge is 2.22. The minimum absolute atomic E-state index is 0.112. The Balaban J connectivity index is 1.84. The van der Waals surface area contributed by atoms with Crippen LogP contribution in [-0.4, -0.2) is 27.7 Å². The number of fused-ring (bicyclic) bond motifs is 1. The van der Waals surface area contributed by atoms with Gasteiger partial charge in [-0.3, -0.25) is 9.69 Å². The summed E-state index contributed by atoms with van der Waals surface area (Å²) in [6.07, 6.45) is 2.55. The molecule has 1 aromatic carbocycles. The van der Waals surface area contributed by atoms with Gasteiger partial charge in [0.1, 0.15) is 5.82 Å². The maximum absolute atomic E-state index is 13.9. The van der Waals surface area contributed by atoms with Gasteiger partial charge in [-0.05, 0) is 18.4 Å². The molecule has 0 radical (unpaired) electrons. The summed E-state index contributed by atoms with van der Waals surface area (Å²) < 4.78 is 13.9. The van der Waals surface area contributed by atoms with E-state index in [1.807, 2.05) is 11.2 Å². The van der Waals surface area contributed by atoms with E-state index in [9.17, 15) is 9.18 Å². The first-order valence-electron chi connectivity index (χ1n) is 6.90. The molecule has 7 heteroatoms. The standard InChI is InChI=1S/C15H15ClFN3OS/c1-22-15-18-13-5-6-20(8-10(13)14(21)19-15)7-9-11(16)3-2-4-12(9)17/h2-4H,5-8H2,1H3,(H,18,19,21). The van der Waals surface area contributed by atoms with Crippen LogP contribution >= 0.6 is 23.4 Å². The summed E-state index contributed by atoms with van der Waals surface area (Å²) in [4.78, 5) is 21.4. The van der Waals surface area contributed by atoms with E-state index in [2.05, 4.69) is 9.97 Å². The fourth-order valence-electron chi connectivity index (χ4n) is 2.60. The third kappa shape index (κ3) is 3.04. The van der Waals surface area contributed by atoms with Gasteiger partial charge in [-0.15, -0.1) is 0 Å². The fraction of sp³-hybridized carbons (Fsp3) is 0.333. The minimum Gasteiger partial charge on any atom is -0.301 e. The maximum Gasteiger partial charge on any atom is 0.256 e. The van der Waals surface area contributed by atoms with Crippen LogP contribution in [0.25, 0.3) is 0 Å². The van der Waals surface area contributed by atoms with E-state index in [4.69, 9.17) is 11.6 Å². The first-order valence-corrected chi connectivity index (χ1v) is 8.50. The highest BCUT2D eigenvalue weighted by Crippen LogP contribution is 2.23. The molecule has 4 nitrogen and oxygen atoms in total. The van der Waals surface area contributed by atoms with Gasteiger partial charge in [0.05, 0.1) is 11.3 Å². The number of aromatic nitrogens is 2. The molecule has 0 saturated heterocycles. The molecule has 0 saturated carbocycles. The van der Waals surface area contributed by atoms with Crippen LogP contribution in [0.5, 0.6) is 0 Å². The molecule has 0 amide bonds. The third-order valence-electron chi connectivity index (χ3n) is 3.76. The molecule has 2 aromatic rings. The van der Waals surface area contributed by atoms with Gasteiger partial charge in [-0.1, -0.05) is 29.4 Å². The van der Waals surface area contributed by atoms with Crippen molar-refractivity contribution in [3.05, 3.63) is 56.2 Å². The summed E-state index contributed by atoms with van der Waals surface area (Å²) in [6, 6.07) is 4.67. The van der Waals surface area contributed by atoms with Crippen LogP contribution in [0.15, 0.2) is 28.2 Å². The lowest BCUT2D eigenvalue weighted by Crippen LogP contribution is -2.35. The second-order valence-electron chi connectivity index (χ2n) is 5.16. The van der Waals surface area contributed by atoms with E-state index >= 15 is 0 Å². The zero-order valence-corrected chi connectivity index (χ0v) is 13.6. The smallest absolute Gasteiger partial charge is 0.256 e. The average Bonchev–Trinajstić information content (AvgIpc) is 2.51.